The first kappa shape index (κ1) is 11.2. The van der Waals surface area contributed by atoms with Crippen LogP contribution in [0.2, 0.25) is 0 Å². The molecule has 0 saturated carbocycles. The van der Waals surface area contributed by atoms with Gasteiger partial charge in [0.1, 0.15) is 11.4 Å². The molecule has 1 N–H and O–H groups in total. The second-order valence-electron chi connectivity index (χ2n) is 3.44. The van der Waals surface area contributed by atoms with Gasteiger partial charge >= 0.3 is 5.97 Å². The number of carbonyl (C=O) groups is 1. The number of carboxylic acids is 1. The summed E-state index contributed by atoms with van der Waals surface area (Å²) < 4.78 is 10.1. The van der Waals surface area contributed by atoms with Crippen LogP contribution in [-0.4, -0.2) is 23.2 Å². The maximum absolute atomic E-state index is 11.0. The molecule has 0 bridgehead atoms. The highest BCUT2D eigenvalue weighted by molar-refractivity contribution is 5.91. The molecule has 2 rings (SSSR count). The zero-order valence-electron chi connectivity index (χ0n) is 9.43. The summed E-state index contributed by atoms with van der Waals surface area (Å²) in [5, 5.41) is 8.98. The predicted octanol–water partition coefficient (Wildman–Crippen LogP) is 2.36. The van der Waals surface area contributed by atoms with E-state index in [1.54, 1.807) is 38.3 Å². The molecule has 0 atom stereocenters. The van der Waals surface area contributed by atoms with Gasteiger partial charge in [0.15, 0.2) is 5.89 Å². The summed E-state index contributed by atoms with van der Waals surface area (Å²) in [6.07, 6.45) is 0. The number of benzene rings is 1. The highest BCUT2D eigenvalue weighted by Crippen LogP contribution is 2.25. The Hall–Kier alpha value is -2.30. The largest absolute Gasteiger partial charge is 0.497 e. The predicted molar refractivity (Wildman–Crippen MR) is 60.2 cm³/mol. The number of aromatic carboxylic acids is 1. The Labute approximate surface area is 97.7 Å². The highest BCUT2D eigenvalue weighted by atomic mass is 16.5. The van der Waals surface area contributed by atoms with Crippen LogP contribution < -0.4 is 4.74 Å². The fourth-order valence-corrected chi connectivity index (χ4v) is 1.52. The van der Waals surface area contributed by atoms with Gasteiger partial charge in [-0.25, -0.2) is 9.78 Å². The summed E-state index contributed by atoms with van der Waals surface area (Å²) in [5.41, 5.74) is 1.01. The minimum absolute atomic E-state index is 0.146. The van der Waals surface area contributed by atoms with Crippen molar-refractivity contribution in [3.8, 4) is 17.0 Å². The van der Waals surface area contributed by atoms with Crippen LogP contribution in [0.5, 0.6) is 5.75 Å². The van der Waals surface area contributed by atoms with Crippen molar-refractivity contribution >= 4 is 5.97 Å². The van der Waals surface area contributed by atoms with Crippen LogP contribution in [0, 0.1) is 6.92 Å². The van der Waals surface area contributed by atoms with Crippen molar-refractivity contribution in [2.75, 3.05) is 7.11 Å². The molecular weight excluding hydrogens is 222 g/mol. The minimum Gasteiger partial charge on any atom is -0.497 e. The second kappa shape index (κ2) is 4.29. The Kier molecular flexibility index (Phi) is 2.82. The molecule has 0 spiro atoms. The van der Waals surface area contributed by atoms with E-state index in [0.717, 1.165) is 0 Å². The van der Waals surface area contributed by atoms with Crippen molar-refractivity contribution in [3.63, 3.8) is 0 Å². The quantitative estimate of drug-likeness (QED) is 0.880. The SMILES string of the molecule is COc1ccc(-c2nc(C)oc2C(=O)O)cc1. The Morgan fingerprint density at radius 1 is 1.35 bits per heavy atom. The lowest BCUT2D eigenvalue weighted by Gasteiger charge is -2.01. The van der Waals surface area contributed by atoms with Gasteiger partial charge in [-0.2, -0.15) is 0 Å². The minimum atomic E-state index is -1.13. The van der Waals surface area contributed by atoms with Gasteiger partial charge < -0.3 is 14.3 Å². The Morgan fingerprint density at radius 3 is 2.53 bits per heavy atom. The monoisotopic (exact) mass is 233 g/mol. The van der Waals surface area contributed by atoms with E-state index in [-0.39, 0.29) is 5.76 Å². The van der Waals surface area contributed by atoms with Crippen LogP contribution in [-0.2, 0) is 0 Å². The van der Waals surface area contributed by atoms with Gasteiger partial charge in [-0.05, 0) is 24.3 Å². The number of hydrogen-bond acceptors (Lipinski definition) is 4. The molecule has 2 aromatic rings. The number of carboxylic acid groups (broad SMARTS) is 1. The van der Waals surface area contributed by atoms with Gasteiger partial charge in [0.05, 0.1) is 7.11 Å². The number of methoxy groups -OCH3 is 1. The van der Waals surface area contributed by atoms with Crippen molar-refractivity contribution < 1.29 is 19.1 Å². The molecule has 1 aromatic heterocycles. The summed E-state index contributed by atoms with van der Waals surface area (Å²) in [7, 11) is 1.57. The van der Waals surface area contributed by atoms with Crippen molar-refractivity contribution in [1.29, 1.82) is 0 Å². The first-order valence-corrected chi connectivity index (χ1v) is 4.97. The van der Waals surface area contributed by atoms with E-state index >= 15 is 0 Å². The number of nitrogens with zero attached hydrogens (tertiary/aromatic N) is 1. The third kappa shape index (κ3) is 2.13. The van der Waals surface area contributed by atoms with Gasteiger partial charge in [0.25, 0.3) is 0 Å². The molecule has 0 aliphatic rings. The van der Waals surface area contributed by atoms with E-state index in [2.05, 4.69) is 4.98 Å². The van der Waals surface area contributed by atoms with Crippen LogP contribution in [0.25, 0.3) is 11.3 Å². The van der Waals surface area contributed by atoms with Gasteiger partial charge in [0.2, 0.25) is 5.76 Å². The van der Waals surface area contributed by atoms with Crippen LogP contribution >= 0.6 is 0 Å². The molecule has 5 heteroatoms. The molecule has 5 nitrogen and oxygen atoms in total. The summed E-state index contributed by atoms with van der Waals surface area (Å²) in [4.78, 5) is 15.0. The molecule has 0 fully saturated rings. The molecule has 17 heavy (non-hydrogen) atoms. The number of oxazole rings is 1. The van der Waals surface area contributed by atoms with Crippen LogP contribution in [0.4, 0.5) is 0 Å². The van der Waals surface area contributed by atoms with Crippen molar-refractivity contribution in [3.05, 3.63) is 35.9 Å². The second-order valence-corrected chi connectivity index (χ2v) is 3.44. The van der Waals surface area contributed by atoms with Gasteiger partial charge in [-0.1, -0.05) is 0 Å². The average Bonchev–Trinajstić information content (AvgIpc) is 2.72. The van der Waals surface area contributed by atoms with Gasteiger partial charge in [-0.3, -0.25) is 0 Å². The van der Waals surface area contributed by atoms with E-state index in [0.29, 0.717) is 22.9 Å². The standard InChI is InChI=1S/C12H11NO4/c1-7-13-10(11(17-7)12(14)15)8-3-5-9(16-2)6-4-8/h3-6H,1-2H3,(H,14,15). The zero-order valence-corrected chi connectivity index (χ0v) is 9.43. The first-order chi connectivity index (χ1) is 8.11. The summed E-state index contributed by atoms with van der Waals surface area (Å²) in [5.74, 6) is -0.247. The number of hydrogen-bond donors (Lipinski definition) is 1. The lowest BCUT2D eigenvalue weighted by molar-refractivity contribution is 0.0662. The van der Waals surface area contributed by atoms with E-state index in [9.17, 15) is 4.79 Å². The summed E-state index contributed by atoms with van der Waals surface area (Å²) in [6, 6.07) is 6.96. The smallest absolute Gasteiger partial charge is 0.374 e. The van der Waals surface area contributed by atoms with E-state index in [4.69, 9.17) is 14.3 Å². The summed E-state index contributed by atoms with van der Waals surface area (Å²) in [6.45, 7) is 1.61. The Bertz CT molecular complexity index is 542. The molecule has 1 heterocycles. The Morgan fingerprint density at radius 2 is 2.00 bits per heavy atom. The molecule has 0 aliphatic carbocycles. The average molecular weight is 233 g/mol. The topological polar surface area (TPSA) is 72.6 Å². The third-order valence-corrected chi connectivity index (χ3v) is 2.29. The van der Waals surface area contributed by atoms with Crippen molar-refractivity contribution in [2.24, 2.45) is 0 Å². The molecular formula is C12H11NO4. The lowest BCUT2D eigenvalue weighted by atomic mass is 10.1. The molecule has 1 aromatic carbocycles. The van der Waals surface area contributed by atoms with E-state index < -0.39 is 5.97 Å². The van der Waals surface area contributed by atoms with Crippen LogP contribution in [0.1, 0.15) is 16.4 Å². The number of ether oxygens (including phenoxy) is 1. The first-order valence-electron chi connectivity index (χ1n) is 4.97. The van der Waals surface area contributed by atoms with E-state index in [1.165, 1.54) is 0 Å². The van der Waals surface area contributed by atoms with Crippen molar-refractivity contribution in [1.82, 2.24) is 4.98 Å². The molecule has 0 radical (unpaired) electrons. The van der Waals surface area contributed by atoms with E-state index in [1.807, 2.05) is 0 Å². The third-order valence-electron chi connectivity index (χ3n) is 2.29. The van der Waals surface area contributed by atoms with Crippen molar-refractivity contribution in [2.45, 2.75) is 6.92 Å². The molecule has 88 valence electrons. The normalized spacial score (nSPS) is 10.2. The molecule has 0 aliphatic heterocycles. The van der Waals surface area contributed by atoms with Crippen LogP contribution in [0.15, 0.2) is 28.7 Å². The Balaban J connectivity index is 2.48. The fourth-order valence-electron chi connectivity index (χ4n) is 1.52. The maximum atomic E-state index is 11.0. The number of aromatic nitrogens is 1. The molecule has 0 saturated heterocycles. The molecule has 0 amide bonds. The highest BCUT2D eigenvalue weighted by Gasteiger charge is 2.19. The maximum Gasteiger partial charge on any atom is 0.374 e. The number of aryl methyl sites for hydroxylation is 1. The van der Waals surface area contributed by atoms with Crippen LogP contribution in [0.3, 0.4) is 0 Å². The fraction of sp³-hybridized carbons (Fsp3) is 0.167. The number of rotatable bonds is 3. The van der Waals surface area contributed by atoms with Gasteiger partial charge in [0, 0.05) is 12.5 Å². The lowest BCUT2D eigenvalue weighted by Crippen LogP contribution is -1.96. The zero-order chi connectivity index (χ0) is 12.4. The summed E-state index contributed by atoms with van der Waals surface area (Å²) >= 11 is 0. The molecule has 0 unspecified atom stereocenters. The van der Waals surface area contributed by atoms with Gasteiger partial charge in [-0.15, -0.1) is 0 Å².